The smallest absolute Gasteiger partial charge is 0.258 e. The first-order valence-corrected chi connectivity index (χ1v) is 8.93. The molecule has 1 aromatic heterocycles. The van der Waals surface area contributed by atoms with E-state index in [4.69, 9.17) is 16.3 Å². The van der Waals surface area contributed by atoms with E-state index in [1.54, 1.807) is 60.9 Å². The van der Waals surface area contributed by atoms with E-state index in [0.717, 1.165) is 5.56 Å². The summed E-state index contributed by atoms with van der Waals surface area (Å²) in [6.07, 6.45) is 3.12. The quantitative estimate of drug-likeness (QED) is 0.639. The summed E-state index contributed by atoms with van der Waals surface area (Å²) in [4.78, 5) is 28.1. The number of carbonyl (C=O) groups is 2. The average molecular weight is 396 g/mol. The molecule has 28 heavy (non-hydrogen) atoms. The molecule has 0 aliphatic heterocycles. The molecule has 0 unspecified atom stereocenters. The standard InChI is InChI=1S/C21H18ClN3O3/c22-17-4-6-19(7-5-17)28-14-20(26)24-13-15-2-1-3-18(12-15)25-21(27)16-8-10-23-11-9-16/h1-12H,13-14H2,(H,24,26)(H,25,27). The van der Waals surface area contributed by atoms with E-state index < -0.39 is 0 Å². The molecule has 6 nitrogen and oxygen atoms in total. The molecule has 7 heteroatoms. The number of halogens is 1. The Kier molecular flexibility index (Phi) is 6.59. The number of aromatic nitrogens is 1. The number of anilines is 1. The summed E-state index contributed by atoms with van der Waals surface area (Å²) in [5.41, 5.74) is 2.02. The number of benzene rings is 2. The molecule has 0 fully saturated rings. The van der Waals surface area contributed by atoms with Gasteiger partial charge in [-0.2, -0.15) is 0 Å². The van der Waals surface area contributed by atoms with Crippen molar-refractivity contribution in [1.29, 1.82) is 0 Å². The van der Waals surface area contributed by atoms with E-state index in [9.17, 15) is 9.59 Å². The fourth-order valence-corrected chi connectivity index (χ4v) is 2.52. The van der Waals surface area contributed by atoms with Gasteiger partial charge in [0.25, 0.3) is 11.8 Å². The lowest BCUT2D eigenvalue weighted by Crippen LogP contribution is -2.28. The summed E-state index contributed by atoms with van der Waals surface area (Å²) >= 11 is 5.81. The van der Waals surface area contributed by atoms with Crippen LogP contribution in [0.25, 0.3) is 0 Å². The minimum atomic E-state index is -0.249. The van der Waals surface area contributed by atoms with Gasteiger partial charge in [-0.15, -0.1) is 0 Å². The Morgan fingerprint density at radius 3 is 2.50 bits per heavy atom. The zero-order chi connectivity index (χ0) is 19.8. The van der Waals surface area contributed by atoms with Gasteiger partial charge in [0.15, 0.2) is 6.61 Å². The van der Waals surface area contributed by atoms with Crippen molar-refractivity contribution in [2.24, 2.45) is 0 Å². The molecule has 2 aromatic carbocycles. The van der Waals surface area contributed by atoms with Crippen LogP contribution in [-0.2, 0) is 11.3 Å². The van der Waals surface area contributed by atoms with Gasteiger partial charge in [0, 0.05) is 35.2 Å². The number of hydrogen-bond acceptors (Lipinski definition) is 4. The maximum atomic E-state index is 12.2. The van der Waals surface area contributed by atoms with E-state index in [0.29, 0.717) is 28.6 Å². The van der Waals surface area contributed by atoms with Gasteiger partial charge in [0.2, 0.25) is 0 Å². The van der Waals surface area contributed by atoms with E-state index in [-0.39, 0.29) is 18.4 Å². The van der Waals surface area contributed by atoms with Crippen molar-refractivity contribution in [3.63, 3.8) is 0 Å². The predicted molar refractivity (Wildman–Crippen MR) is 107 cm³/mol. The van der Waals surface area contributed by atoms with Crippen LogP contribution in [0.1, 0.15) is 15.9 Å². The molecule has 0 radical (unpaired) electrons. The van der Waals surface area contributed by atoms with E-state index in [1.165, 1.54) is 0 Å². The maximum Gasteiger partial charge on any atom is 0.258 e. The number of rotatable bonds is 7. The van der Waals surface area contributed by atoms with Gasteiger partial charge in [0.05, 0.1) is 0 Å². The Balaban J connectivity index is 1.49. The molecule has 0 bridgehead atoms. The fraction of sp³-hybridized carbons (Fsp3) is 0.0952. The highest BCUT2D eigenvalue weighted by atomic mass is 35.5. The van der Waals surface area contributed by atoms with Gasteiger partial charge in [-0.25, -0.2) is 0 Å². The summed E-state index contributed by atoms with van der Waals surface area (Å²) < 4.78 is 5.40. The lowest BCUT2D eigenvalue weighted by molar-refractivity contribution is -0.123. The van der Waals surface area contributed by atoms with Crippen molar-refractivity contribution in [3.05, 3.63) is 89.2 Å². The Morgan fingerprint density at radius 2 is 1.75 bits per heavy atom. The Morgan fingerprint density at radius 1 is 1.00 bits per heavy atom. The fourth-order valence-electron chi connectivity index (χ4n) is 2.40. The first-order valence-electron chi connectivity index (χ1n) is 8.55. The molecule has 2 N–H and O–H groups in total. The highest BCUT2D eigenvalue weighted by Crippen LogP contribution is 2.15. The Bertz CT molecular complexity index is 947. The molecule has 0 aliphatic rings. The second-order valence-corrected chi connectivity index (χ2v) is 6.35. The van der Waals surface area contributed by atoms with Gasteiger partial charge in [-0.05, 0) is 54.1 Å². The number of carbonyl (C=O) groups excluding carboxylic acids is 2. The second kappa shape index (κ2) is 9.53. The average Bonchev–Trinajstić information content (AvgIpc) is 2.73. The normalized spacial score (nSPS) is 10.2. The van der Waals surface area contributed by atoms with E-state index in [2.05, 4.69) is 15.6 Å². The van der Waals surface area contributed by atoms with Gasteiger partial charge in [-0.3, -0.25) is 14.6 Å². The SMILES string of the molecule is O=C(COc1ccc(Cl)cc1)NCc1cccc(NC(=O)c2ccncc2)c1. The predicted octanol–water partition coefficient (Wildman–Crippen LogP) is 3.68. The first kappa shape index (κ1) is 19.4. The Labute approximate surface area is 167 Å². The zero-order valence-electron chi connectivity index (χ0n) is 14.9. The highest BCUT2D eigenvalue weighted by Gasteiger charge is 2.07. The van der Waals surface area contributed by atoms with Crippen molar-refractivity contribution < 1.29 is 14.3 Å². The van der Waals surface area contributed by atoms with E-state index in [1.807, 2.05) is 12.1 Å². The number of pyridine rings is 1. The number of nitrogens with zero attached hydrogens (tertiary/aromatic N) is 1. The van der Waals surface area contributed by atoms with Crippen LogP contribution in [0.5, 0.6) is 5.75 Å². The van der Waals surface area contributed by atoms with E-state index >= 15 is 0 Å². The summed E-state index contributed by atoms with van der Waals surface area (Å²) in [7, 11) is 0. The molecule has 3 rings (SSSR count). The van der Waals surface area contributed by atoms with Crippen LogP contribution in [0, 0.1) is 0 Å². The van der Waals surface area contributed by atoms with Gasteiger partial charge in [-0.1, -0.05) is 23.7 Å². The third-order valence-electron chi connectivity index (χ3n) is 3.80. The molecule has 0 saturated heterocycles. The minimum Gasteiger partial charge on any atom is -0.484 e. The van der Waals surface area contributed by atoms with Crippen LogP contribution in [0.4, 0.5) is 5.69 Å². The Hall–Kier alpha value is -3.38. The molecule has 0 aliphatic carbocycles. The third kappa shape index (κ3) is 5.82. The first-order chi connectivity index (χ1) is 13.6. The third-order valence-corrected chi connectivity index (χ3v) is 4.05. The van der Waals surface area contributed by atoms with Crippen LogP contribution in [-0.4, -0.2) is 23.4 Å². The summed E-state index contributed by atoms with van der Waals surface area (Å²) in [5, 5.41) is 6.21. The second-order valence-electron chi connectivity index (χ2n) is 5.91. The van der Waals surface area contributed by atoms with Crippen molar-refractivity contribution in [2.75, 3.05) is 11.9 Å². The van der Waals surface area contributed by atoms with Crippen LogP contribution in [0.2, 0.25) is 5.02 Å². The zero-order valence-corrected chi connectivity index (χ0v) is 15.6. The molecule has 2 amide bonds. The van der Waals surface area contributed by atoms with Crippen LogP contribution in [0.3, 0.4) is 0 Å². The van der Waals surface area contributed by atoms with Crippen molar-refractivity contribution >= 4 is 29.1 Å². The molecular weight excluding hydrogens is 378 g/mol. The molecule has 142 valence electrons. The molecular formula is C21H18ClN3O3. The van der Waals surface area contributed by atoms with Crippen molar-refractivity contribution in [1.82, 2.24) is 10.3 Å². The number of amides is 2. The molecule has 0 atom stereocenters. The molecule has 3 aromatic rings. The number of hydrogen-bond donors (Lipinski definition) is 2. The van der Waals surface area contributed by atoms with Crippen LogP contribution < -0.4 is 15.4 Å². The van der Waals surface area contributed by atoms with Gasteiger partial charge in [0.1, 0.15) is 5.75 Å². The minimum absolute atomic E-state index is 0.0971. The van der Waals surface area contributed by atoms with Crippen LogP contribution >= 0.6 is 11.6 Å². The maximum absolute atomic E-state index is 12.2. The molecule has 0 spiro atoms. The molecule has 0 saturated carbocycles. The summed E-state index contributed by atoms with van der Waals surface area (Å²) in [6, 6.07) is 17.3. The van der Waals surface area contributed by atoms with Crippen LogP contribution in [0.15, 0.2) is 73.1 Å². The highest BCUT2D eigenvalue weighted by molar-refractivity contribution is 6.30. The lowest BCUT2D eigenvalue weighted by Gasteiger charge is -2.10. The van der Waals surface area contributed by atoms with Gasteiger partial charge >= 0.3 is 0 Å². The number of ether oxygens (including phenoxy) is 1. The lowest BCUT2D eigenvalue weighted by atomic mass is 10.2. The summed E-state index contributed by atoms with van der Waals surface area (Å²) in [5.74, 6) is 0.0986. The van der Waals surface area contributed by atoms with Gasteiger partial charge < -0.3 is 15.4 Å². The largest absolute Gasteiger partial charge is 0.484 e. The molecule has 1 heterocycles. The van der Waals surface area contributed by atoms with Crippen molar-refractivity contribution in [3.8, 4) is 5.75 Å². The number of nitrogens with one attached hydrogen (secondary N) is 2. The summed E-state index contributed by atoms with van der Waals surface area (Å²) in [6.45, 7) is 0.224. The topological polar surface area (TPSA) is 80.3 Å². The monoisotopic (exact) mass is 395 g/mol. The van der Waals surface area contributed by atoms with Crippen molar-refractivity contribution in [2.45, 2.75) is 6.54 Å².